The summed E-state index contributed by atoms with van der Waals surface area (Å²) >= 11 is 0. The van der Waals surface area contributed by atoms with Crippen LogP contribution in [0.5, 0.6) is 0 Å². The summed E-state index contributed by atoms with van der Waals surface area (Å²) in [6.45, 7) is 4.53. The van der Waals surface area contributed by atoms with Crippen LogP contribution in [-0.4, -0.2) is 25.7 Å². The van der Waals surface area contributed by atoms with Crippen molar-refractivity contribution in [3.05, 3.63) is 29.8 Å². The number of halogens is 3. The third kappa shape index (κ3) is 4.75. The van der Waals surface area contributed by atoms with E-state index in [0.29, 0.717) is 12.2 Å². The first-order valence-electron chi connectivity index (χ1n) is 6.46. The fraction of sp³-hybridized carbons (Fsp3) is 0.500. The lowest BCUT2D eigenvalue weighted by Gasteiger charge is -2.23. The van der Waals surface area contributed by atoms with Gasteiger partial charge in [0.2, 0.25) is 0 Å². The van der Waals surface area contributed by atoms with Gasteiger partial charge in [0.25, 0.3) is 0 Å². The second-order valence-corrected chi connectivity index (χ2v) is 4.27. The normalized spacial score (nSPS) is 11.2. The first kappa shape index (κ1) is 16.3. The van der Waals surface area contributed by atoms with Gasteiger partial charge in [-0.3, -0.25) is 4.79 Å². The summed E-state index contributed by atoms with van der Waals surface area (Å²) in [5.41, 5.74) is -0.123. The van der Waals surface area contributed by atoms with E-state index in [0.717, 1.165) is 18.6 Å². The molecule has 0 atom stereocenters. The van der Waals surface area contributed by atoms with E-state index < -0.39 is 11.7 Å². The molecule has 0 radical (unpaired) electrons. The Morgan fingerprint density at radius 2 is 1.80 bits per heavy atom. The molecule has 0 N–H and O–H groups in total. The van der Waals surface area contributed by atoms with Crippen LogP contribution < -0.4 is 4.90 Å². The van der Waals surface area contributed by atoms with Crippen molar-refractivity contribution < 1.29 is 22.7 Å². The quantitative estimate of drug-likeness (QED) is 0.751. The molecule has 0 aromatic heterocycles. The molecule has 0 saturated carbocycles. The monoisotopic (exact) mass is 289 g/mol. The average molecular weight is 289 g/mol. The Balaban J connectivity index is 2.84. The van der Waals surface area contributed by atoms with E-state index in [2.05, 4.69) is 0 Å². The number of hydrogen-bond donors (Lipinski definition) is 0. The molecule has 1 aromatic carbocycles. The average Bonchev–Trinajstić information content (AvgIpc) is 2.38. The Labute approximate surface area is 116 Å². The maximum atomic E-state index is 12.5. The molecule has 0 aliphatic rings. The summed E-state index contributed by atoms with van der Waals surface area (Å²) in [6.07, 6.45) is -3.57. The highest BCUT2D eigenvalue weighted by Crippen LogP contribution is 2.30. The molecule has 0 amide bonds. The number of anilines is 1. The third-order valence-corrected chi connectivity index (χ3v) is 2.68. The largest absolute Gasteiger partial charge is 0.465 e. The van der Waals surface area contributed by atoms with Crippen LogP contribution in [-0.2, 0) is 15.7 Å². The summed E-state index contributed by atoms with van der Waals surface area (Å²) in [4.78, 5) is 13.2. The topological polar surface area (TPSA) is 29.5 Å². The number of ether oxygens (including phenoxy) is 1. The van der Waals surface area contributed by atoms with E-state index in [1.54, 1.807) is 11.8 Å². The van der Waals surface area contributed by atoms with Crippen molar-refractivity contribution in [2.75, 3.05) is 24.6 Å². The van der Waals surface area contributed by atoms with E-state index in [1.165, 1.54) is 12.1 Å². The van der Waals surface area contributed by atoms with Gasteiger partial charge >= 0.3 is 12.1 Å². The highest BCUT2D eigenvalue weighted by atomic mass is 19.4. The molecule has 0 fully saturated rings. The molecule has 0 unspecified atom stereocenters. The number of benzene rings is 1. The Morgan fingerprint density at radius 3 is 2.25 bits per heavy atom. The number of hydrogen-bond acceptors (Lipinski definition) is 3. The van der Waals surface area contributed by atoms with Gasteiger partial charge in [-0.15, -0.1) is 0 Å². The van der Waals surface area contributed by atoms with Crippen molar-refractivity contribution in [1.29, 1.82) is 0 Å². The van der Waals surface area contributed by atoms with Gasteiger partial charge in [-0.2, -0.15) is 13.2 Å². The van der Waals surface area contributed by atoms with Crippen LogP contribution in [0.25, 0.3) is 0 Å². The van der Waals surface area contributed by atoms with Gasteiger partial charge in [-0.1, -0.05) is 6.92 Å². The van der Waals surface area contributed by atoms with E-state index in [-0.39, 0.29) is 19.1 Å². The zero-order valence-electron chi connectivity index (χ0n) is 11.5. The van der Waals surface area contributed by atoms with E-state index in [1.807, 2.05) is 6.92 Å². The van der Waals surface area contributed by atoms with Crippen LogP contribution in [0.2, 0.25) is 0 Å². The Bertz CT molecular complexity index is 429. The van der Waals surface area contributed by atoms with E-state index in [9.17, 15) is 18.0 Å². The molecule has 0 heterocycles. The van der Waals surface area contributed by atoms with Gasteiger partial charge in [-0.05, 0) is 37.6 Å². The highest BCUT2D eigenvalue weighted by molar-refractivity contribution is 5.75. The zero-order valence-corrected chi connectivity index (χ0v) is 11.5. The summed E-state index contributed by atoms with van der Waals surface area (Å²) in [6, 6.07) is 4.78. The molecule has 6 heteroatoms. The number of rotatable bonds is 6. The molecule has 0 spiro atoms. The minimum Gasteiger partial charge on any atom is -0.465 e. The maximum absolute atomic E-state index is 12.5. The Hall–Kier alpha value is -1.72. The van der Waals surface area contributed by atoms with Crippen molar-refractivity contribution in [3.63, 3.8) is 0 Å². The van der Waals surface area contributed by atoms with Crippen LogP contribution in [0, 0.1) is 0 Å². The number of alkyl halides is 3. The summed E-state index contributed by atoms with van der Waals surface area (Å²) in [5, 5.41) is 0. The fourth-order valence-corrected chi connectivity index (χ4v) is 1.79. The minimum absolute atomic E-state index is 0.0348. The number of esters is 1. The summed E-state index contributed by atoms with van der Waals surface area (Å²) in [5.74, 6) is -0.388. The van der Waals surface area contributed by atoms with E-state index >= 15 is 0 Å². The minimum atomic E-state index is -4.35. The highest BCUT2D eigenvalue weighted by Gasteiger charge is 2.30. The summed E-state index contributed by atoms with van der Waals surface area (Å²) in [7, 11) is 0. The fourth-order valence-electron chi connectivity index (χ4n) is 1.79. The number of carbonyl (C=O) groups excluding carboxylic acids is 1. The number of nitrogens with zero attached hydrogens (tertiary/aromatic N) is 1. The van der Waals surface area contributed by atoms with Crippen LogP contribution in [0.15, 0.2) is 24.3 Å². The van der Waals surface area contributed by atoms with Gasteiger partial charge in [0, 0.05) is 12.2 Å². The lowest BCUT2D eigenvalue weighted by Crippen LogP contribution is -2.31. The maximum Gasteiger partial charge on any atom is 0.416 e. The number of carbonyl (C=O) groups is 1. The lowest BCUT2D eigenvalue weighted by atomic mass is 10.2. The molecule has 0 bridgehead atoms. The van der Waals surface area contributed by atoms with Gasteiger partial charge in [-0.25, -0.2) is 0 Å². The second kappa shape index (κ2) is 7.17. The molecule has 3 nitrogen and oxygen atoms in total. The SMILES string of the molecule is CCCN(CC(=O)OCC)c1ccc(C(F)(F)F)cc1. The molecular formula is C14H18F3NO2. The van der Waals surface area contributed by atoms with Crippen LogP contribution in [0.3, 0.4) is 0 Å². The van der Waals surface area contributed by atoms with Crippen molar-refractivity contribution >= 4 is 11.7 Å². The Morgan fingerprint density at radius 1 is 1.20 bits per heavy atom. The van der Waals surface area contributed by atoms with Crippen molar-refractivity contribution in [3.8, 4) is 0 Å². The van der Waals surface area contributed by atoms with Crippen LogP contribution >= 0.6 is 0 Å². The van der Waals surface area contributed by atoms with Gasteiger partial charge in [0.05, 0.1) is 12.2 Å². The van der Waals surface area contributed by atoms with Gasteiger partial charge < -0.3 is 9.64 Å². The van der Waals surface area contributed by atoms with E-state index in [4.69, 9.17) is 4.74 Å². The van der Waals surface area contributed by atoms with Gasteiger partial charge in [0.15, 0.2) is 0 Å². The van der Waals surface area contributed by atoms with Crippen molar-refractivity contribution in [2.24, 2.45) is 0 Å². The van der Waals surface area contributed by atoms with Crippen LogP contribution in [0.4, 0.5) is 18.9 Å². The molecule has 1 aromatic rings. The smallest absolute Gasteiger partial charge is 0.416 e. The lowest BCUT2D eigenvalue weighted by molar-refractivity contribution is -0.141. The molecule has 1 rings (SSSR count). The van der Waals surface area contributed by atoms with Crippen molar-refractivity contribution in [1.82, 2.24) is 0 Å². The molecule has 0 aliphatic carbocycles. The first-order valence-corrected chi connectivity index (χ1v) is 6.46. The molecule has 112 valence electrons. The predicted molar refractivity (Wildman–Crippen MR) is 70.6 cm³/mol. The zero-order chi connectivity index (χ0) is 15.2. The third-order valence-electron chi connectivity index (χ3n) is 2.68. The Kier molecular flexibility index (Phi) is 5.85. The summed E-state index contributed by atoms with van der Waals surface area (Å²) < 4.78 is 42.3. The van der Waals surface area contributed by atoms with Gasteiger partial charge in [0.1, 0.15) is 6.54 Å². The second-order valence-electron chi connectivity index (χ2n) is 4.27. The molecule has 20 heavy (non-hydrogen) atoms. The molecule has 0 aliphatic heterocycles. The van der Waals surface area contributed by atoms with Crippen molar-refractivity contribution in [2.45, 2.75) is 26.4 Å². The molecular weight excluding hydrogens is 271 g/mol. The van der Waals surface area contributed by atoms with Crippen LogP contribution in [0.1, 0.15) is 25.8 Å². The standard InChI is InChI=1S/C14H18F3NO2/c1-3-9-18(10-13(19)20-4-2)12-7-5-11(6-8-12)14(15,16)17/h5-8H,3-4,9-10H2,1-2H3. The molecule has 0 saturated heterocycles. The first-order chi connectivity index (χ1) is 9.38. The predicted octanol–water partition coefficient (Wildman–Crippen LogP) is 3.48.